The Balaban J connectivity index is 2.29. The van der Waals surface area contributed by atoms with Crippen LogP contribution >= 0.6 is 23.2 Å². The lowest BCUT2D eigenvalue weighted by Crippen LogP contribution is -2.21. The molecule has 3 N–H and O–H groups in total. The van der Waals surface area contributed by atoms with E-state index in [1.54, 1.807) is 12.1 Å². The molecular formula is C11H13Cl2NO. The van der Waals surface area contributed by atoms with Gasteiger partial charge in [0.2, 0.25) is 0 Å². The maximum absolute atomic E-state index is 9.29. The molecule has 0 heterocycles. The number of nitrogens with two attached hydrogens (primary N) is 1. The van der Waals surface area contributed by atoms with Gasteiger partial charge in [0, 0.05) is 22.0 Å². The summed E-state index contributed by atoms with van der Waals surface area (Å²) in [6, 6.07) is 5.41. The quantitative estimate of drug-likeness (QED) is 0.860. The second kappa shape index (κ2) is 3.95. The van der Waals surface area contributed by atoms with Gasteiger partial charge in [0.15, 0.2) is 0 Å². The molecule has 0 aromatic heterocycles. The Labute approximate surface area is 99.0 Å². The van der Waals surface area contributed by atoms with Crippen LogP contribution in [-0.4, -0.2) is 18.3 Å². The molecule has 0 saturated heterocycles. The molecule has 1 saturated carbocycles. The molecule has 1 aliphatic rings. The number of benzene rings is 1. The van der Waals surface area contributed by atoms with Crippen LogP contribution in [0.1, 0.15) is 17.9 Å². The first kappa shape index (κ1) is 11.2. The van der Waals surface area contributed by atoms with E-state index in [9.17, 15) is 5.11 Å². The summed E-state index contributed by atoms with van der Waals surface area (Å²) in [5, 5.41) is 10.7. The molecule has 1 fully saturated rings. The van der Waals surface area contributed by atoms with Gasteiger partial charge < -0.3 is 10.8 Å². The van der Waals surface area contributed by atoms with Crippen LogP contribution < -0.4 is 5.73 Å². The number of hydrogen-bond acceptors (Lipinski definition) is 2. The Morgan fingerprint density at radius 3 is 2.73 bits per heavy atom. The average Bonchev–Trinajstić information content (AvgIpc) is 2.97. The van der Waals surface area contributed by atoms with Crippen molar-refractivity contribution in [3.8, 4) is 0 Å². The van der Waals surface area contributed by atoms with Crippen molar-refractivity contribution in [1.82, 2.24) is 0 Å². The molecule has 15 heavy (non-hydrogen) atoms. The lowest BCUT2D eigenvalue weighted by Gasteiger charge is -2.12. The van der Waals surface area contributed by atoms with Crippen molar-refractivity contribution in [2.24, 2.45) is 11.1 Å². The summed E-state index contributed by atoms with van der Waals surface area (Å²) in [6.07, 6.45) is 0.889. The van der Waals surface area contributed by atoms with Crippen LogP contribution in [0.4, 0.5) is 0 Å². The molecule has 0 amide bonds. The third-order valence-corrected chi connectivity index (χ3v) is 3.82. The van der Waals surface area contributed by atoms with E-state index >= 15 is 0 Å². The van der Waals surface area contributed by atoms with Crippen LogP contribution in [0.5, 0.6) is 0 Å². The number of rotatable bonds is 3. The molecule has 2 nitrogen and oxygen atoms in total. The van der Waals surface area contributed by atoms with Gasteiger partial charge in [-0.2, -0.15) is 0 Å². The topological polar surface area (TPSA) is 46.2 Å². The van der Waals surface area contributed by atoms with Crippen molar-refractivity contribution >= 4 is 23.2 Å². The molecule has 4 heteroatoms. The van der Waals surface area contributed by atoms with Gasteiger partial charge in [-0.3, -0.25) is 0 Å². The normalized spacial score (nSPS) is 29.2. The maximum atomic E-state index is 9.29. The molecule has 2 atom stereocenters. The Kier molecular flexibility index (Phi) is 2.95. The predicted octanol–water partition coefficient (Wildman–Crippen LogP) is 2.42. The van der Waals surface area contributed by atoms with E-state index < -0.39 is 0 Å². The van der Waals surface area contributed by atoms with Gasteiger partial charge in [-0.05, 0) is 36.1 Å². The fourth-order valence-electron chi connectivity index (χ4n) is 2.03. The van der Waals surface area contributed by atoms with Crippen molar-refractivity contribution < 1.29 is 5.11 Å². The third-order valence-electron chi connectivity index (χ3n) is 3.24. The van der Waals surface area contributed by atoms with Crippen LogP contribution in [-0.2, 0) is 0 Å². The smallest absolute Gasteiger partial charge is 0.0505 e. The lowest BCUT2D eigenvalue weighted by molar-refractivity contribution is 0.211. The van der Waals surface area contributed by atoms with Crippen molar-refractivity contribution in [2.45, 2.75) is 12.3 Å². The fraction of sp³-hybridized carbons (Fsp3) is 0.455. The van der Waals surface area contributed by atoms with Crippen LogP contribution in [0, 0.1) is 5.41 Å². The summed E-state index contributed by atoms with van der Waals surface area (Å²) >= 11 is 12.0. The summed E-state index contributed by atoms with van der Waals surface area (Å²) in [7, 11) is 0. The Hall–Kier alpha value is -0.280. The van der Waals surface area contributed by atoms with E-state index in [0.717, 1.165) is 12.0 Å². The van der Waals surface area contributed by atoms with Crippen LogP contribution in [0.25, 0.3) is 0 Å². The summed E-state index contributed by atoms with van der Waals surface area (Å²) in [6.45, 7) is 0.591. The van der Waals surface area contributed by atoms with Crippen molar-refractivity contribution in [2.75, 3.05) is 13.2 Å². The van der Waals surface area contributed by atoms with Gasteiger partial charge in [0.25, 0.3) is 0 Å². The minimum Gasteiger partial charge on any atom is -0.396 e. The van der Waals surface area contributed by atoms with Gasteiger partial charge in [-0.25, -0.2) is 0 Å². The number of hydrogen-bond donors (Lipinski definition) is 2. The molecule has 0 radical (unpaired) electrons. The molecule has 1 aromatic rings. The monoisotopic (exact) mass is 245 g/mol. The Bertz CT molecular complexity index is 377. The summed E-state index contributed by atoms with van der Waals surface area (Å²) < 4.78 is 0. The van der Waals surface area contributed by atoms with Gasteiger partial charge >= 0.3 is 0 Å². The molecule has 1 aromatic carbocycles. The summed E-state index contributed by atoms with van der Waals surface area (Å²) in [5.74, 6) is 0.249. The molecule has 2 unspecified atom stereocenters. The highest BCUT2D eigenvalue weighted by Gasteiger charge is 2.53. The fourth-order valence-corrected chi connectivity index (χ4v) is 2.46. The minimum atomic E-state index is -0.172. The zero-order valence-corrected chi connectivity index (χ0v) is 9.72. The molecule has 1 aliphatic carbocycles. The number of aliphatic hydroxyl groups excluding tert-OH is 1. The predicted molar refractivity (Wildman–Crippen MR) is 62.4 cm³/mol. The highest BCUT2D eigenvalue weighted by atomic mass is 35.5. The second-order valence-electron chi connectivity index (χ2n) is 4.15. The van der Waals surface area contributed by atoms with E-state index in [-0.39, 0.29) is 17.9 Å². The van der Waals surface area contributed by atoms with E-state index in [1.165, 1.54) is 0 Å². The first-order chi connectivity index (χ1) is 7.13. The van der Waals surface area contributed by atoms with Crippen molar-refractivity contribution in [3.05, 3.63) is 33.8 Å². The first-order valence-corrected chi connectivity index (χ1v) is 5.64. The van der Waals surface area contributed by atoms with E-state index in [0.29, 0.717) is 16.6 Å². The van der Waals surface area contributed by atoms with Gasteiger partial charge in [-0.1, -0.05) is 23.2 Å². The average molecular weight is 246 g/mol. The highest BCUT2D eigenvalue weighted by molar-refractivity contribution is 6.33. The summed E-state index contributed by atoms with van der Waals surface area (Å²) in [5.41, 5.74) is 6.49. The minimum absolute atomic E-state index is 0.108. The largest absolute Gasteiger partial charge is 0.396 e. The highest BCUT2D eigenvalue weighted by Crippen LogP contribution is 2.59. The first-order valence-electron chi connectivity index (χ1n) is 4.89. The standard InChI is InChI=1S/C11H13Cl2NO/c12-7-1-2-10(13)8(3-7)9-4-11(9,5-14)6-15/h1-3,9,15H,4-6,14H2. The van der Waals surface area contributed by atoms with E-state index in [2.05, 4.69) is 0 Å². The Morgan fingerprint density at radius 1 is 1.47 bits per heavy atom. The second-order valence-corrected chi connectivity index (χ2v) is 4.99. The Morgan fingerprint density at radius 2 is 2.20 bits per heavy atom. The lowest BCUT2D eigenvalue weighted by atomic mass is 10.00. The van der Waals surface area contributed by atoms with E-state index in [4.69, 9.17) is 28.9 Å². The van der Waals surface area contributed by atoms with E-state index in [1.807, 2.05) is 6.07 Å². The molecule has 0 spiro atoms. The van der Waals surface area contributed by atoms with Crippen molar-refractivity contribution in [1.29, 1.82) is 0 Å². The zero-order valence-electron chi connectivity index (χ0n) is 8.21. The van der Waals surface area contributed by atoms with Crippen LogP contribution in [0.3, 0.4) is 0 Å². The summed E-state index contributed by atoms with van der Waals surface area (Å²) in [4.78, 5) is 0. The number of aliphatic hydroxyl groups is 1. The third kappa shape index (κ3) is 1.87. The molecule has 2 rings (SSSR count). The molecule has 82 valence electrons. The van der Waals surface area contributed by atoms with Crippen LogP contribution in [0.2, 0.25) is 10.0 Å². The van der Waals surface area contributed by atoms with Gasteiger partial charge in [0.05, 0.1) is 6.61 Å². The molecule has 0 aliphatic heterocycles. The van der Waals surface area contributed by atoms with Crippen LogP contribution in [0.15, 0.2) is 18.2 Å². The van der Waals surface area contributed by atoms with Crippen molar-refractivity contribution in [3.63, 3.8) is 0 Å². The van der Waals surface area contributed by atoms with Gasteiger partial charge in [-0.15, -0.1) is 0 Å². The molecule has 0 bridgehead atoms. The molecular weight excluding hydrogens is 233 g/mol. The zero-order chi connectivity index (χ0) is 11.1. The SMILES string of the molecule is NCC1(CO)CC1c1cc(Cl)ccc1Cl. The van der Waals surface area contributed by atoms with Gasteiger partial charge in [0.1, 0.15) is 0 Å². The maximum Gasteiger partial charge on any atom is 0.0505 e. The number of halogens is 2.